The van der Waals surface area contributed by atoms with Crippen molar-refractivity contribution in [2.45, 2.75) is 116 Å². The Bertz CT molecular complexity index is 2130. The second-order valence-electron chi connectivity index (χ2n) is 18.6. The van der Waals surface area contributed by atoms with Crippen molar-refractivity contribution < 1.29 is 45.8 Å². The van der Waals surface area contributed by atoms with Crippen LogP contribution in [0.1, 0.15) is 70.3 Å². The topological polar surface area (TPSA) is 114 Å². The van der Waals surface area contributed by atoms with Gasteiger partial charge in [-0.25, -0.2) is 20.6 Å². The number of ether oxygens (including phenoxy) is 3. The summed E-state index contributed by atoms with van der Waals surface area (Å²) in [6.45, 7) is 24.8. The highest BCUT2D eigenvalue weighted by molar-refractivity contribution is 6.74. The minimum Gasteiger partial charge on any atom is -0.461 e. The molecule has 2 saturated heterocycles. The molecule has 2 aromatic carbocycles. The van der Waals surface area contributed by atoms with Gasteiger partial charge >= 0.3 is 24.4 Å². The van der Waals surface area contributed by atoms with E-state index in [1.807, 2.05) is 35.2 Å². The third-order valence-electron chi connectivity index (χ3n) is 11.8. The first-order valence-electron chi connectivity index (χ1n) is 20.9. The van der Waals surface area contributed by atoms with Crippen molar-refractivity contribution in [2.24, 2.45) is 0 Å². The van der Waals surface area contributed by atoms with Crippen molar-refractivity contribution >= 4 is 32.0 Å². The fourth-order valence-electron chi connectivity index (χ4n) is 7.75. The molecule has 0 aliphatic carbocycles. The lowest BCUT2D eigenvalue weighted by atomic mass is 10.0. The van der Waals surface area contributed by atoms with Crippen LogP contribution in [-0.2, 0) is 39.6 Å². The maximum absolute atomic E-state index is 14.8. The zero-order valence-electron chi connectivity index (χ0n) is 36.7. The van der Waals surface area contributed by atoms with Crippen LogP contribution < -0.4 is 14.5 Å². The predicted octanol–water partition coefficient (Wildman–Crippen LogP) is 8.72. The Kier molecular flexibility index (Phi) is 13.7. The molecule has 1 unspecified atom stereocenters. The van der Waals surface area contributed by atoms with E-state index in [-0.39, 0.29) is 81.7 Å². The van der Waals surface area contributed by atoms with Gasteiger partial charge in [-0.05, 0) is 69.4 Å². The van der Waals surface area contributed by atoms with Gasteiger partial charge < -0.3 is 33.3 Å². The second kappa shape index (κ2) is 18.3. The molecule has 0 radical (unpaired) electrons. The molecule has 0 bridgehead atoms. The molecule has 1 aromatic heterocycles. The number of aromatic nitrogens is 2. The van der Waals surface area contributed by atoms with Crippen molar-refractivity contribution in [1.82, 2.24) is 19.8 Å². The summed E-state index contributed by atoms with van der Waals surface area (Å²) < 4.78 is 82.0. The first-order chi connectivity index (χ1) is 29.0. The summed E-state index contributed by atoms with van der Waals surface area (Å²) in [5, 5.41) is -0.0757. The summed E-state index contributed by atoms with van der Waals surface area (Å²) in [6.07, 6.45) is -5.63. The van der Waals surface area contributed by atoms with Crippen molar-refractivity contribution in [3.63, 3.8) is 0 Å². The monoisotopic (exact) mass is 883 g/mol. The molecule has 3 aliphatic heterocycles. The van der Waals surface area contributed by atoms with E-state index in [0.717, 1.165) is 11.6 Å². The Labute approximate surface area is 362 Å². The molecule has 6 rings (SSSR count). The number of nitrogens with zero attached hydrogens (tertiary/aromatic N) is 7. The number of carbonyl (C=O) groups excluding carboxylic acids is 2. The number of anilines is 2. The highest BCUT2D eigenvalue weighted by Gasteiger charge is 2.45. The number of amides is 2. The second-order valence-corrected chi connectivity index (χ2v) is 23.3. The lowest BCUT2D eigenvalue weighted by Gasteiger charge is -2.41. The molecule has 18 heteroatoms. The number of hydrogen-bond donors (Lipinski definition) is 0. The Morgan fingerprint density at radius 1 is 0.887 bits per heavy atom. The van der Waals surface area contributed by atoms with E-state index in [2.05, 4.69) is 38.7 Å². The quantitative estimate of drug-likeness (QED) is 0.111. The van der Waals surface area contributed by atoms with Gasteiger partial charge in [0.25, 0.3) is 0 Å². The summed E-state index contributed by atoms with van der Waals surface area (Å²) in [6, 6.07) is 11.4. The number of carbonyl (C=O) groups is 2. The van der Waals surface area contributed by atoms with Gasteiger partial charge in [0.2, 0.25) is 6.54 Å². The van der Waals surface area contributed by atoms with Crippen LogP contribution in [0, 0.1) is 12.4 Å². The SMILES string of the molecule is [C-]#[N+]CC1CN(c2nc(OC[C@H]3C[C@H](O[Si](C)(C)C(C)(C)C)CN3C(=O)OC(C)(C)C)nc3c2CCN(c2cccc(F)c2C(F)(F)F)C3)CCN1C(=O)OCc1ccccc1. The summed E-state index contributed by atoms with van der Waals surface area (Å²) in [7, 11) is -2.24. The number of fused-ring (bicyclic) bond motifs is 1. The summed E-state index contributed by atoms with van der Waals surface area (Å²) >= 11 is 0. The number of likely N-dealkylation sites (tertiary alicyclic amines) is 1. The average Bonchev–Trinajstić information content (AvgIpc) is 3.59. The number of rotatable bonds is 10. The first kappa shape index (κ1) is 46.4. The van der Waals surface area contributed by atoms with Crippen molar-refractivity contribution in [3.8, 4) is 6.01 Å². The zero-order chi connectivity index (χ0) is 45.2. The maximum Gasteiger partial charge on any atom is 0.421 e. The molecular formula is C44H57F4N7O6Si. The standard InChI is InChI=1S/C44H57F4N7O6Si/c1-42(2,3)60-41(57)55-25-32(61-62(8,9)43(4,5)6)22-30(55)28-58-39-50-35-26-52(36-17-13-16-34(45)37(36)44(46,47)48)19-18-33(35)38(51-39)53-20-21-54(31(24-53)23-49-7)40(56)59-27-29-14-11-10-12-15-29/h10-17,30-32H,18-28H2,1-6,8-9H3/t30-,31?,32+/m1/s1. The number of halogens is 4. The van der Waals surface area contributed by atoms with Gasteiger partial charge in [-0.3, -0.25) is 9.80 Å². The van der Waals surface area contributed by atoms with Gasteiger partial charge in [0.15, 0.2) is 8.32 Å². The lowest BCUT2D eigenvalue weighted by Crippen LogP contribution is -2.57. The number of hydrogen-bond acceptors (Lipinski definition) is 10. The minimum absolute atomic E-state index is 0.0125. The smallest absolute Gasteiger partial charge is 0.421 e. The largest absolute Gasteiger partial charge is 0.461 e. The molecule has 0 spiro atoms. The van der Waals surface area contributed by atoms with Gasteiger partial charge in [0.05, 0.1) is 30.1 Å². The van der Waals surface area contributed by atoms with E-state index in [1.165, 1.54) is 17.0 Å². The van der Waals surface area contributed by atoms with E-state index >= 15 is 0 Å². The maximum atomic E-state index is 14.8. The predicted molar refractivity (Wildman–Crippen MR) is 228 cm³/mol. The third kappa shape index (κ3) is 10.9. The molecule has 2 amide bonds. The number of alkyl halides is 3. The van der Waals surface area contributed by atoms with Gasteiger partial charge in [-0.2, -0.15) is 23.1 Å². The van der Waals surface area contributed by atoms with E-state index < -0.39 is 55.7 Å². The molecule has 0 N–H and O–H groups in total. The Morgan fingerprint density at radius 3 is 2.27 bits per heavy atom. The van der Waals surface area contributed by atoms with Crippen LogP contribution >= 0.6 is 0 Å². The van der Waals surface area contributed by atoms with Crippen LogP contribution in [0.5, 0.6) is 6.01 Å². The van der Waals surface area contributed by atoms with Gasteiger partial charge in [0, 0.05) is 38.3 Å². The Hall–Kier alpha value is -5.15. The fraction of sp³-hybridized carbons (Fsp3) is 0.568. The molecule has 13 nitrogen and oxygen atoms in total. The van der Waals surface area contributed by atoms with E-state index in [1.54, 1.807) is 30.6 Å². The highest BCUT2D eigenvalue weighted by atomic mass is 28.4. The van der Waals surface area contributed by atoms with Crippen LogP contribution in [0.15, 0.2) is 48.5 Å². The third-order valence-corrected chi connectivity index (χ3v) is 16.4. The van der Waals surface area contributed by atoms with Gasteiger partial charge in [0.1, 0.15) is 42.1 Å². The van der Waals surface area contributed by atoms with Crippen LogP contribution in [0.2, 0.25) is 18.1 Å². The highest BCUT2D eigenvalue weighted by Crippen LogP contribution is 2.42. The van der Waals surface area contributed by atoms with Crippen molar-refractivity contribution in [1.29, 1.82) is 0 Å². The van der Waals surface area contributed by atoms with E-state index in [4.69, 9.17) is 35.2 Å². The van der Waals surface area contributed by atoms with Gasteiger partial charge in [-0.15, -0.1) is 0 Å². The number of benzene rings is 2. The van der Waals surface area contributed by atoms with Crippen LogP contribution in [0.3, 0.4) is 0 Å². The minimum atomic E-state index is -4.95. The summed E-state index contributed by atoms with van der Waals surface area (Å²) in [4.78, 5) is 46.8. The molecule has 3 aliphatic rings. The Balaban J connectivity index is 1.30. The van der Waals surface area contributed by atoms with Crippen molar-refractivity contribution in [3.05, 3.63) is 88.1 Å². The number of piperazine rings is 1. The van der Waals surface area contributed by atoms with Crippen LogP contribution in [-0.4, -0.2) is 110 Å². The van der Waals surface area contributed by atoms with Crippen LogP contribution in [0.25, 0.3) is 4.85 Å². The molecule has 0 saturated carbocycles. The molecule has 62 heavy (non-hydrogen) atoms. The zero-order valence-corrected chi connectivity index (χ0v) is 37.7. The van der Waals surface area contributed by atoms with E-state index in [0.29, 0.717) is 30.0 Å². The summed E-state index contributed by atoms with van der Waals surface area (Å²) in [5.41, 5.74) is -0.554. The van der Waals surface area contributed by atoms with E-state index in [9.17, 15) is 27.2 Å². The summed E-state index contributed by atoms with van der Waals surface area (Å²) in [5.74, 6) is -0.914. The molecule has 4 heterocycles. The average molecular weight is 884 g/mol. The molecular weight excluding hydrogens is 827 g/mol. The van der Waals surface area contributed by atoms with Gasteiger partial charge in [-0.1, -0.05) is 57.2 Å². The molecule has 2 fully saturated rings. The van der Waals surface area contributed by atoms with Crippen molar-refractivity contribution in [2.75, 3.05) is 55.7 Å². The normalized spacial score (nSPS) is 19.8. The Morgan fingerprint density at radius 2 is 1.61 bits per heavy atom. The molecule has 3 aromatic rings. The first-order valence-corrected chi connectivity index (χ1v) is 23.8. The lowest BCUT2D eigenvalue weighted by molar-refractivity contribution is -0.139. The molecule has 336 valence electrons. The fourth-order valence-corrected chi connectivity index (χ4v) is 9.11. The molecule has 3 atom stereocenters. The van der Waals surface area contributed by atoms with Crippen LogP contribution in [0.4, 0.5) is 38.7 Å².